The fourth-order valence-corrected chi connectivity index (χ4v) is 2.11. The van der Waals surface area contributed by atoms with E-state index in [0.29, 0.717) is 18.4 Å². The molecule has 1 amide bonds. The molecule has 0 aromatic carbocycles. The van der Waals surface area contributed by atoms with Crippen LogP contribution in [0.5, 0.6) is 0 Å². The summed E-state index contributed by atoms with van der Waals surface area (Å²) >= 11 is 0. The number of piperazine rings is 1. The molecule has 2 fully saturated rings. The van der Waals surface area contributed by atoms with E-state index in [9.17, 15) is 4.79 Å². The smallest absolute Gasteiger partial charge is 0.236 e. The minimum absolute atomic E-state index is 0.330. The van der Waals surface area contributed by atoms with E-state index in [1.807, 2.05) is 4.90 Å². The minimum Gasteiger partial charge on any atom is -0.340 e. The molecule has 0 N–H and O–H groups in total. The predicted octanol–water partition coefficient (Wildman–Crippen LogP) is 0.949. The number of carbonyl (C=O) groups is 1. The third kappa shape index (κ3) is 2.27. The van der Waals surface area contributed by atoms with Crippen LogP contribution in [0.2, 0.25) is 0 Å². The Kier molecular flexibility index (Phi) is 2.77. The molecule has 1 aliphatic heterocycles. The van der Waals surface area contributed by atoms with Crippen LogP contribution in [0.4, 0.5) is 0 Å². The molecular formula is C11H20N2O. The van der Waals surface area contributed by atoms with E-state index in [-0.39, 0.29) is 0 Å². The van der Waals surface area contributed by atoms with E-state index in [2.05, 4.69) is 18.7 Å². The van der Waals surface area contributed by atoms with Gasteiger partial charge in [-0.05, 0) is 18.8 Å². The van der Waals surface area contributed by atoms with Gasteiger partial charge in [0, 0.05) is 25.7 Å². The predicted molar refractivity (Wildman–Crippen MR) is 56.0 cm³/mol. The molecule has 14 heavy (non-hydrogen) atoms. The third-order valence-electron chi connectivity index (χ3n) is 3.00. The second-order valence-corrected chi connectivity index (χ2v) is 4.94. The molecule has 1 heterocycles. The lowest BCUT2D eigenvalue weighted by Crippen LogP contribution is -2.51. The van der Waals surface area contributed by atoms with E-state index in [0.717, 1.165) is 25.7 Å². The minimum atomic E-state index is 0.330. The normalized spacial score (nSPS) is 24.8. The zero-order chi connectivity index (χ0) is 10.1. The van der Waals surface area contributed by atoms with Crippen LogP contribution in [0.25, 0.3) is 0 Å². The van der Waals surface area contributed by atoms with Crippen molar-refractivity contribution in [2.45, 2.75) is 32.7 Å². The number of amides is 1. The molecular weight excluding hydrogens is 176 g/mol. The lowest BCUT2D eigenvalue weighted by atomic mass is 10.2. The second-order valence-electron chi connectivity index (χ2n) is 4.94. The summed E-state index contributed by atoms with van der Waals surface area (Å²) in [5.74, 6) is 0.920. The number of hydrogen-bond donors (Lipinski definition) is 0. The van der Waals surface area contributed by atoms with Gasteiger partial charge in [-0.15, -0.1) is 0 Å². The van der Waals surface area contributed by atoms with Crippen molar-refractivity contribution in [1.29, 1.82) is 0 Å². The monoisotopic (exact) mass is 196 g/mol. The van der Waals surface area contributed by atoms with E-state index < -0.39 is 0 Å². The summed E-state index contributed by atoms with van der Waals surface area (Å²) in [6.45, 7) is 7.95. The van der Waals surface area contributed by atoms with E-state index >= 15 is 0 Å². The first-order valence-corrected chi connectivity index (χ1v) is 5.68. The Hall–Kier alpha value is -0.570. The van der Waals surface area contributed by atoms with Crippen LogP contribution in [0, 0.1) is 5.92 Å². The van der Waals surface area contributed by atoms with Crippen molar-refractivity contribution in [3.8, 4) is 0 Å². The SMILES string of the molecule is CC(C)CN1CCN(C2CC2)CC1=O. The van der Waals surface area contributed by atoms with Gasteiger partial charge in [0.05, 0.1) is 6.54 Å². The second kappa shape index (κ2) is 3.89. The highest BCUT2D eigenvalue weighted by Crippen LogP contribution is 2.27. The lowest BCUT2D eigenvalue weighted by Gasteiger charge is -2.35. The van der Waals surface area contributed by atoms with Crippen molar-refractivity contribution in [1.82, 2.24) is 9.80 Å². The van der Waals surface area contributed by atoms with Gasteiger partial charge < -0.3 is 4.90 Å². The van der Waals surface area contributed by atoms with E-state index in [4.69, 9.17) is 0 Å². The van der Waals surface area contributed by atoms with Crippen molar-refractivity contribution in [2.75, 3.05) is 26.2 Å². The Morgan fingerprint density at radius 1 is 1.36 bits per heavy atom. The Balaban J connectivity index is 1.83. The summed E-state index contributed by atoms with van der Waals surface area (Å²) in [5.41, 5.74) is 0. The Bertz CT molecular complexity index is 223. The summed E-state index contributed by atoms with van der Waals surface area (Å²) in [4.78, 5) is 16.1. The zero-order valence-electron chi connectivity index (χ0n) is 9.20. The molecule has 0 radical (unpaired) electrons. The summed E-state index contributed by atoms with van der Waals surface area (Å²) < 4.78 is 0. The molecule has 0 aromatic heterocycles. The van der Waals surface area contributed by atoms with Crippen molar-refractivity contribution in [3.05, 3.63) is 0 Å². The van der Waals surface area contributed by atoms with Crippen molar-refractivity contribution in [2.24, 2.45) is 5.92 Å². The molecule has 80 valence electrons. The first-order valence-electron chi connectivity index (χ1n) is 5.68. The molecule has 3 heteroatoms. The van der Waals surface area contributed by atoms with Crippen LogP contribution >= 0.6 is 0 Å². The molecule has 0 bridgehead atoms. The average Bonchev–Trinajstić information content (AvgIpc) is 2.90. The van der Waals surface area contributed by atoms with Crippen LogP contribution in [0.3, 0.4) is 0 Å². The maximum atomic E-state index is 11.8. The average molecular weight is 196 g/mol. The molecule has 1 saturated carbocycles. The maximum Gasteiger partial charge on any atom is 0.236 e. The third-order valence-corrected chi connectivity index (χ3v) is 3.00. The molecule has 2 aliphatic rings. The van der Waals surface area contributed by atoms with Gasteiger partial charge in [0.15, 0.2) is 0 Å². The highest BCUT2D eigenvalue weighted by Gasteiger charge is 2.34. The van der Waals surface area contributed by atoms with Gasteiger partial charge in [0.25, 0.3) is 0 Å². The summed E-state index contributed by atoms with van der Waals surface area (Å²) in [6, 6.07) is 0.736. The van der Waals surface area contributed by atoms with Crippen molar-refractivity contribution >= 4 is 5.91 Å². The van der Waals surface area contributed by atoms with Gasteiger partial charge in [0.2, 0.25) is 5.91 Å². The molecule has 0 aromatic rings. The maximum absolute atomic E-state index is 11.8. The first kappa shape index (κ1) is 9.97. The summed E-state index contributed by atoms with van der Waals surface area (Å²) in [6.07, 6.45) is 2.61. The number of carbonyl (C=O) groups excluding carboxylic acids is 1. The van der Waals surface area contributed by atoms with Gasteiger partial charge in [-0.25, -0.2) is 0 Å². The highest BCUT2D eigenvalue weighted by molar-refractivity contribution is 5.79. The summed E-state index contributed by atoms with van der Waals surface area (Å²) in [5, 5.41) is 0. The quantitative estimate of drug-likeness (QED) is 0.671. The standard InChI is InChI=1S/C11H20N2O/c1-9(2)7-13-6-5-12(8-11(13)14)10-3-4-10/h9-10H,3-8H2,1-2H3. The number of rotatable bonds is 3. The first-order chi connectivity index (χ1) is 6.66. The number of hydrogen-bond acceptors (Lipinski definition) is 2. The highest BCUT2D eigenvalue weighted by atomic mass is 16.2. The Morgan fingerprint density at radius 3 is 2.57 bits per heavy atom. The molecule has 0 spiro atoms. The molecule has 2 rings (SSSR count). The number of nitrogens with zero attached hydrogens (tertiary/aromatic N) is 2. The van der Waals surface area contributed by atoms with Gasteiger partial charge in [-0.1, -0.05) is 13.8 Å². The van der Waals surface area contributed by atoms with Crippen LogP contribution < -0.4 is 0 Å². The van der Waals surface area contributed by atoms with Crippen molar-refractivity contribution < 1.29 is 4.79 Å². The fraction of sp³-hybridized carbons (Fsp3) is 0.909. The van der Waals surface area contributed by atoms with E-state index in [1.54, 1.807) is 0 Å². The van der Waals surface area contributed by atoms with Crippen LogP contribution in [-0.4, -0.2) is 47.9 Å². The Labute approximate surface area is 86.1 Å². The van der Waals surface area contributed by atoms with Crippen LogP contribution in [0.15, 0.2) is 0 Å². The molecule has 1 saturated heterocycles. The van der Waals surface area contributed by atoms with E-state index in [1.165, 1.54) is 12.8 Å². The Morgan fingerprint density at radius 2 is 2.07 bits per heavy atom. The molecule has 0 atom stereocenters. The molecule has 0 unspecified atom stereocenters. The topological polar surface area (TPSA) is 23.6 Å². The van der Waals surface area contributed by atoms with Gasteiger partial charge in [0.1, 0.15) is 0 Å². The van der Waals surface area contributed by atoms with Gasteiger partial charge in [-0.2, -0.15) is 0 Å². The fourth-order valence-electron chi connectivity index (χ4n) is 2.11. The molecule has 3 nitrogen and oxygen atoms in total. The lowest BCUT2D eigenvalue weighted by molar-refractivity contribution is -0.136. The zero-order valence-corrected chi connectivity index (χ0v) is 9.20. The summed E-state index contributed by atoms with van der Waals surface area (Å²) in [7, 11) is 0. The largest absolute Gasteiger partial charge is 0.340 e. The van der Waals surface area contributed by atoms with Crippen LogP contribution in [-0.2, 0) is 4.79 Å². The molecule has 1 aliphatic carbocycles. The van der Waals surface area contributed by atoms with Gasteiger partial charge in [-0.3, -0.25) is 9.69 Å². The van der Waals surface area contributed by atoms with Crippen molar-refractivity contribution in [3.63, 3.8) is 0 Å². The van der Waals surface area contributed by atoms with Crippen LogP contribution in [0.1, 0.15) is 26.7 Å². The van der Waals surface area contributed by atoms with Gasteiger partial charge >= 0.3 is 0 Å².